The van der Waals surface area contributed by atoms with E-state index in [1.165, 1.54) is 48.2 Å². The molecular formula is C30H35NO3. The summed E-state index contributed by atoms with van der Waals surface area (Å²) in [6.45, 7) is 4.17. The van der Waals surface area contributed by atoms with Crippen LogP contribution in [0, 0.1) is 0 Å². The minimum absolute atomic E-state index is 0.254. The molecule has 0 amide bonds. The van der Waals surface area contributed by atoms with Crippen LogP contribution in [0.25, 0.3) is 0 Å². The Morgan fingerprint density at radius 3 is 2.29 bits per heavy atom. The van der Waals surface area contributed by atoms with Gasteiger partial charge in [-0.05, 0) is 79.6 Å². The lowest BCUT2D eigenvalue weighted by atomic mass is 9.69. The number of nitrogens with zero attached hydrogens (tertiary/aromatic N) is 1. The highest BCUT2D eigenvalue weighted by Crippen LogP contribution is 2.50. The first-order valence-electron chi connectivity index (χ1n) is 12.5. The predicted molar refractivity (Wildman–Crippen MR) is 137 cm³/mol. The fourth-order valence-electron chi connectivity index (χ4n) is 5.78. The third kappa shape index (κ3) is 4.65. The maximum atomic E-state index is 6.08. The molecular weight excluding hydrogens is 422 g/mol. The van der Waals surface area contributed by atoms with Gasteiger partial charge in [0.05, 0.1) is 14.2 Å². The maximum absolute atomic E-state index is 6.08. The summed E-state index contributed by atoms with van der Waals surface area (Å²) in [4.78, 5) is 2.49. The number of fused-ring (bicyclic) bond motifs is 1. The summed E-state index contributed by atoms with van der Waals surface area (Å²) < 4.78 is 17.5. The zero-order valence-corrected chi connectivity index (χ0v) is 20.3. The smallest absolute Gasteiger partial charge is 0.164 e. The van der Waals surface area contributed by atoms with Crippen molar-refractivity contribution in [3.63, 3.8) is 0 Å². The van der Waals surface area contributed by atoms with Crippen LogP contribution in [0.4, 0.5) is 0 Å². The van der Waals surface area contributed by atoms with Crippen molar-refractivity contribution < 1.29 is 14.2 Å². The Labute approximate surface area is 203 Å². The van der Waals surface area contributed by atoms with Crippen molar-refractivity contribution in [2.45, 2.75) is 37.5 Å². The van der Waals surface area contributed by atoms with E-state index in [1.807, 2.05) is 6.07 Å². The first-order valence-corrected chi connectivity index (χ1v) is 12.5. The molecule has 4 heteroatoms. The van der Waals surface area contributed by atoms with Gasteiger partial charge in [0.1, 0.15) is 12.4 Å². The Morgan fingerprint density at radius 1 is 0.824 bits per heavy atom. The van der Waals surface area contributed by atoms with Crippen LogP contribution < -0.4 is 14.2 Å². The molecule has 2 aliphatic rings. The van der Waals surface area contributed by atoms with Crippen molar-refractivity contribution in [2.24, 2.45) is 0 Å². The van der Waals surface area contributed by atoms with E-state index < -0.39 is 0 Å². The van der Waals surface area contributed by atoms with Crippen molar-refractivity contribution in [2.75, 3.05) is 40.5 Å². The fraction of sp³-hybridized carbons (Fsp3) is 0.400. The van der Waals surface area contributed by atoms with Gasteiger partial charge >= 0.3 is 0 Å². The Balaban J connectivity index is 1.44. The quantitative estimate of drug-likeness (QED) is 0.413. The van der Waals surface area contributed by atoms with Gasteiger partial charge in [-0.3, -0.25) is 4.90 Å². The Hall–Kier alpha value is -2.98. The van der Waals surface area contributed by atoms with E-state index in [0.717, 1.165) is 43.2 Å². The fourth-order valence-corrected chi connectivity index (χ4v) is 5.78. The molecule has 0 radical (unpaired) electrons. The molecule has 0 bridgehead atoms. The monoisotopic (exact) mass is 457 g/mol. The highest BCUT2D eigenvalue weighted by Gasteiger charge is 2.34. The van der Waals surface area contributed by atoms with Crippen molar-refractivity contribution >= 4 is 0 Å². The Bertz CT molecular complexity index is 1070. The molecule has 4 nitrogen and oxygen atoms in total. The Kier molecular flexibility index (Phi) is 7.05. The molecule has 0 N–H and O–H groups in total. The molecule has 5 rings (SSSR count). The standard InChI is InChI=1S/C30H35NO3/c1-32-28-17-16-26-27(30(28)33-2)15-14-25(22-8-4-3-5-9-22)29(26)23-10-12-24(13-11-23)34-21-20-31-18-6-7-19-31/h3-5,8-13,16-17,25,29H,6-7,14-15,18-21H2,1-2H3. The first kappa shape index (κ1) is 22.8. The summed E-state index contributed by atoms with van der Waals surface area (Å²) in [5.74, 6) is 3.29. The largest absolute Gasteiger partial charge is 0.493 e. The molecule has 34 heavy (non-hydrogen) atoms. The minimum atomic E-state index is 0.254. The average Bonchev–Trinajstić information content (AvgIpc) is 3.42. The van der Waals surface area contributed by atoms with Gasteiger partial charge < -0.3 is 14.2 Å². The van der Waals surface area contributed by atoms with Crippen LogP contribution in [-0.4, -0.2) is 45.4 Å². The number of likely N-dealkylation sites (tertiary alicyclic amines) is 1. The summed E-state index contributed by atoms with van der Waals surface area (Å²) in [5.41, 5.74) is 5.30. The molecule has 3 aromatic carbocycles. The van der Waals surface area contributed by atoms with Gasteiger partial charge in [0.2, 0.25) is 0 Å². The molecule has 0 saturated carbocycles. The molecule has 178 valence electrons. The van der Waals surface area contributed by atoms with Crippen LogP contribution >= 0.6 is 0 Å². The number of rotatable bonds is 8. The highest BCUT2D eigenvalue weighted by molar-refractivity contribution is 5.56. The van der Waals surface area contributed by atoms with Gasteiger partial charge in [0.25, 0.3) is 0 Å². The zero-order valence-electron chi connectivity index (χ0n) is 20.3. The third-order valence-corrected chi connectivity index (χ3v) is 7.47. The summed E-state index contributed by atoms with van der Waals surface area (Å²) in [5, 5.41) is 0. The lowest BCUT2D eigenvalue weighted by molar-refractivity contribution is 0.237. The molecule has 2 atom stereocenters. The zero-order chi connectivity index (χ0) is 23.3. The van der Waals surface area contributed by atoms with Gasteiger partial charge in [-0.2, -0.15) is 0 Å². The first-order chi connectivity index (χ1) is 16.8. The van der Waals surface area contributed by atoms with Gasteiger partial charge in [-0.15, -0.1) is 0 Å². The van der Waals surface area contributed by atoms with Gasteiger partial charge in [-0.1, -0.05) is 48.5 Å². The molecule has 1 saturated heterocycles. The molecule has 0 spiro atoms. The average molecular weight is 458 g/mol. The lowest BCUT2D eigenvalue weighted by Gasteiger charge is -2.35. The molecule has 2 unspecified atom stereocenters. The number of hydrogen-bond acceptors (Lipinski definition) is 4. The van der Waals surface area contributed by atoms with Crippen molar-refractivity contribution in [3.05, 3.63) is 89.0 Å². The van der Waals surface area contributed by atoms with Crippen molar-refractivity contribution in [1.82, 2.24) is 4.90 Å². The van der Waals surface area contributed by atoms with Crippen molar-refractivity contribution in [1.29, 1.82) is 0 Å². The molecule has 1 aliphatic carbocycles. The molecule has 1 fully saturated rings. The summed E-state index contributed by atoms with van der Waals surface area (Å²) in [6.07, 6.45) is 4.68. The van der Waals surface area contributed by atoms with Gasteiger partial charge in [0.15, 0.2) is 11.5 Å². The predicted octanol–water partition coefficient (Wildman–Crippen LogP) is 6.04. The van der Waals surface area contributed by atoms with E-state index in [9.17, 15) is 0 Å². The van der Waals surface area contributed by atoms with Crippen LogP contribution in [0.1, 0.15) is 53.4 Å². The second kappa shape index (κ2) is 10.5. The van der Waals surface area contributed by atoms with E-state index in [2.05, 4.69) is 65.6 Å². The SMILES string of the molecule is COc1ccc2c(c1OC)CCC(c1ccccc1)C2c1ccc(OCCN2CCCC2)cc1. The van der Waals surface area contributed by atoms with Crippen LogP contribution in [0.5, 0.6) is 17.2 Å². The van der Waals surface area contributed by atoms with E-state index >= 15 is 0 Å². The Morgan fingerprint density at radius 2 is 1.59 bits per heavy atom. The topological polar surface area (TPSA) is 30.9 Å². The third-order valence-electron chi connectivity index (χ3n) is 7.47. The summed E-state index contributed by atoms with van der Waals surface area (Å²) >= 11 is 0. The van der Waals surface area contributed by atoms with Crippen LogP contribution in [0.15, 0.2) is 66.7 Å². The van der Waals surface area contributed by atoms with Gasteiger partial charge in [0, 0.05) is 18.0 Å². The van der Waals surface area contributed by atoms with Crippen LogP contribution in [-0.2, 0) is 6.42 Å². The van der Waals surface area contributed by atoms with Crippen LogP contribution in [0.3, 0.4) is 0 Å². The number of ether oxygens (including phenoxy) is 3. The van der Waals surface area contributed by atoms with E-state index in [4.69, 9.17) is 14.2 Å². The highest BCUT2D eigenvalue weighted by atomic mass is 16.5. The maximum Gasteiger partial charge on any atom is 0.164 e. The van der Waals surface area contributed by atoms with Gasteiger partial charge in [-0.25, -0.2) is 0 Å². The molecule has 0 aromatic heterocycles. The molecule has 1 aliphatic heterocycles. The number of benzene rings is 3. The van der Waals surface area contributed by atoms with Crippen molar-refractivity contribution in [3.8, 4) is 17.2 Å². The van der Waals surface area contributed by atoms with E-state index in [1.54, 1.807) is 14.2 Å². The second-order valence-corrected chi connectivity index (χ2v) is 9.37. The minimum Gasteiger partial charge on any atom is -0.493 e. The summed E-state index contributed by atoms with van der Waals surface area (Å²) in [6, 6.07) is 24.0. The number of methoxy groups -OCH3 is 2. The number of hydrogen-bond donors (Lipinski definition) is 0. The van der Waals surface area contributed by atoms with E-state index in [-0.39, 0.29) is 5.92 Å². The lowest BCUT2D eigenvalue weighted by Crippen LogP contribution is -2.25. The summed E-state index contributed by atoms with van der Waals surface area (Å²) in [7, 11) is 3.45. The second-order valence-electron chi connectivity index (χ2n) is 9.37. The van der Waals surface area contributed by atoms with Crippen LogP contribution in [0.2, 0.25) is 0 Å². The normalized spacial score (nSPS) is 20.1. The molecule has 3 aromatic rings. The molecule has 1 heterocycles. The van der Waals surface area contributed by atoms with E-state index in [0.29, 0.717) is 5.92 Å².